The Morgan fingerprint density at radius 1 is 1.29 bits per heavy atom. The fourth-order valence-corrected chi connectivity index (χ4v) is 2.59. The molecule has 1 amide bonds. The van der Waals surface area contributed by atoms with Crippen LogP contribution in [0.4, 0.5) is 0 Å². The molecule has 6 heteroatoms. The summed E-state index contributed by atoms with van der Waals surface area (Å²) in [5.74, 6) is 0.469. The van der Waals surface area contributed by atoms with Crippen LogP contribution in [-0.4, -0.2) is 39.4 Å². The Kier molecular flexibility index (Phi) is 3.77. The molecule has 1 atom stereocenters. The lowest BCUT2D eigenvalue weighted by Gasteiger charge is -2.24. The normalized spacial score (nSPS) is 17.8. The first-order chi connectivity index (χ1) is 10.3. The third kappa shape index (κ3) is 2.69. The van der Waals surface area contributed by atoms with Gasteiger partial charge in [-0.25, -0.2) is 4.98 Å². The van der Waals surface area contributed by atoms with Crippen LogP contribution in [0.3, 0.4) is 0 Å². The number of aromatic nitrogens is 3. The molecule has 0 spiro atoms. The van der Waals surface area contributed by atoms with Crippen molar-refractivity contribution in [1.82, 2.24) is 19.9 Å². The third-order valence-electron chi connectivity index (χ3n) is 3.63. The summed E-state index contributed by atoms with van der Waals surface area (Å²) >= 11 is 0. The minimum absolute atomic E-state index is 0.00620. The highest BCUT2D eigenvalue weighted by atomic mass is 16.5. The Hall–Kier alpha value is -2.50. The average molecular weight is 284 g/mol. The maximum atomic E-state index is 12.6. The molecule has 1 aliphatic heterocycles. The molecule has 2 aromatic rings. The van der Waals surface area contributed by atoms with E-state index in [1.165, 1.54) is 0 Å². The molecule has 0 aromatic carbocycles. The second kappa shape index (κ2) is 5.87. The van der Waals surface area contributed by atoms with Gasteiger partial charge < -0.3 is 9.64 Å². The van der Waals surface area contributed by atoms with E-state index in [1.54, 1.807) is 44.0 Å². The van der Waals surface area contributed by atoms with Crippen molar-refractivity contribution in [3.63, 3.8) is 0 Å². The fourth-order valence-electron chi connectivity index (χ4n) is 2.59. The maximum Gasteiger partial charge on any atom is 0.255 e. The molecule has 1 fully saturated rings. The number of hydrogen-bond donors (Lipinski definition) is 0. The molecule has 0 saturated carbocycles. The number of rotatable bonds is 3. The molecule has 1 saturated heterocycles. The number of amides is 1. The first kappa shape index (κ1) is 13.5. The van der Waals surface area contributed by atoms with Crippen LogP contribution in [-0.2, 0) is 0 Å². The van der Waals surface area contributed by atoms with Crippen molar-refractivity contribution < 1.29 is 9.53 Å². The van der Waals surface area contributed by atoms with Crippen LogP contribution in [0.1, 0.15) is 34.9 Å². The predicted molar refractivity (Wildman–Crippen MR) is 75.8 cm³/mol. The SMILES string of the molecule is COc1ccc(C(=O)N2CCC[C@@H]2c2cnccn2)cn1. The van der Waals surface area contributed by atoms with E-state index in [-0.39, 0.29) is 11.9 Å². The van der Waals surface area contributed by atoms with Crippen LogP contribution in [0.2, 0.25) is 0 Å². The Labute approximate surface area is 122 Å². The molecular formula is C15H16N4O2. The summed E-state index contributed by atoms with van der Waals surface area (Å²) in [6, 6.07) is 3.43. The second-order valence-electron chi connectivity index (χ2n) is 4.88. The first-order valence-electron chi connectivity index (χ1n) is 6.86. The van der Waals surface area contributed by atoms with Crippen molar-refractivity contribution in [1.29, 1.82) is 0 Å². The average Bonchev–Trinajstić information content (AvgIpc) is 3.04. The molecule has 3 heterocycles. The van der Waals surface area contributed by atoms with E-state index in [2.05, 4.69) is 15.0 Å². The number of ether oxygens (including phenoxy) is 1. The molecule has 1 aliphatic rings. The summed E-state index contributed by atoms with van der Waals surface area (Å²) in [4.78, 5) is 27.0. The zero-order chi connectivity index (χ0) is 14.7. The number of nitrogens with zero attached hydrogens (tertiary/aromatic N) is 4. The number of carbonyl (C=O) groups is 1. The van der Waals surface area contributed by atoms with Gasteiger partial charge in [-0.2, -0.15) is 0 Å². The topological polar surface area (TPSA) is 68.2 Å². The number of pyridine rings is 1. The lowest BCUT2D eigenvalue weighted by molar-refractivity contribution is 0.0732. The summed E-state index contributed by atoms with van der Waals surface area (Å²) in [5, 5.41) is 0. The number of likely N-dealkylation sites (tertiary alicyclic amines) is 1. The lowest BCUT2D eigenvalue weighted by Crippen LogP contribution is -2.31. The van der Waals surface area contributed by atoms with Crippen molar-refractivity contribution >= 4 is 5.91 Å². The van der Waals surface area contributed by atoms with Gasteiger partial charge in [0, 0.05) is 31.2 Å². The number of methoxy groups -OCH3 is 1. The highest BCUT2D eigenvalue weighted by Crippen LogP contribution is 2.31. The summed E-state index contributed by atoms with van der Waals surface area (Å²) < 4.78 is 5.01. The van der Waals surface area contributed by atoms with Gasteiger partial charge in [-0.15, -0.1) is 0 Å². The van der Waals surface area contributed by atoms with Crippen molar-refractivity contribution in [3.8, 4) is 5.88 Å². The minimum atomic E-state index is -0.0293. The largest absolute Gasteiger partial charge is 0.481 e. The zero-order valence-corrected chi connectivity index (χ0v) is 11.8. The second-order valence-corrected chi connectivity index (χ2v) is 4.88. The molecule has 0 bridgehead atoms. The van der Waals surface area contributed by atoms with E-state index < -0.39 is 0 Å². The van der Waals surface area contributed by atoms with Crippen LogP contribution < -0.4 is 4.74 Å². The highest BCUT2D eigenvalue weighted by molar-refractivity contribution is 5.94. The van der Waals surface area contributed by atoms with Crippen LogP contribution in [0.25, 0.3) is 0 Å². The van der Waals surface area contributed by atoms with E-state index in [1.807, 2.05) is 4.90 Å². The Morgan fingerprint density at radius 2 is 2.19 bits per heavy atom. The van der Waals surface area contributed by atoms with Gasteiger partial charge in [-0.1, -0.05) is 0 Å². The van der Waals surface area contributed by atoms with E-state index in [0.717, 1.165) is 25.1 Å². The molecule has 0 N–H and O–H groups in total. The summed E-state index contributed by atoms with van der Waals surface area (Å²) in [5.41, 5.74) is 1.40. The van der Waals surface area contributed by atoms with Gasteiger partial charge in [-0.05, 0) is 18.9 Å². The van der Waals surface area contributed by atoms with Crippen molar-refractivity contribution in [2.24, 2.45) is 0 Å². The van der Waals surface area contributed by atoms with Crippen molar-refractivity contribution in [3.05, 3.63) is 48.2 Å². The van der Waals surface area contributed by atoms with Gasteiger partial charge >= 0.3 is 0 Å². The van der Waals surface area contributed by atoms with E-state index in [4.69, 9.17) is 4.74 Å². The molecule has 0 radical (unpaired) electrons. The van der Waals surface area contributed by atoms with E-state index in [0.29, 0.717) is 11.4 Å². The maximum absolute atomic E-state index is 12.6. The van der Waals surface area contributed by atoms with Crippen LogP contribution >= 0.6 is 0 Å². The number of carbonyl (C=O) groups excluding carboxylic acids is 1. The summed E-state index contributed by atoms with van der Waals surface area (Å²) in [7, 11) is 1.55. The predicted octanol–water partition coefficient (Wildman–Crippen LogP) is 1.86. The van der Waals surface area contributed by atoms with E-state index >= 15 is 0 Å². The molecular weight excluding hydrogens is 268 g/mol. The van der Waals surface area contributed by atoms with E-state index in [9.17, 15) is 4.79 Å². The van der Waals surface area contributed by atoms with Crippen molar-refractivity contribution in [2.75, 3.05) is 13.7 Å². The zero-order valence-electron chi connectivity index (χ0n) is 11.8. The third-order valence-corrected chi connectivity index (χ3v) is 3.63. The smallest absolute Gasteiger partial charge is 0.255 e. The Bertz CT molecular complexity index is 615. The Morgan fingerprint density at radius 3 is 2.86 bits per heavy atom. The quantitative estimate of drug-likeness (QED) is 0.860. The van der Waals surface area contributed by atoms with Gasteiger partial charge in [0.2, 0.25) is 5.88 Å². The van der Waals surface area contributed by atoms with Crippen molar-refractivity contribution in [2.45, 2.75) is 18.9 Å². The highest BCUT2D eigenvalue weighted by Gasteiger charge is 2.31. The molecule has 21 heavy (non-hydrogen) atoms. The van der Waals surface area contributed by atoms with Gasteiger partial charge in [-0.3, -0.25) is 14.8 Å². The summed E-state index contributed by atoms with van der Waals surface area (Å²) in [6.07, 6.45) is 8.45. The molecule has 0 aliphatic carbocycles. The number of hydrogen-bond acceptors (Lipinski definition) is 5. The van der Waals surface area contributed by atoms with Gasteiger partial charge in [0.25, 0.3) is 5.91 Å². The van der Waals surface area contributed by atoms with Crippen LogP contribution in [0.5, 0.6) is 5.88 Å². The molecule has 6 nitrogen and oxygen atoms in total. The van der Waals surface area contributed by atoms with Crippen LogP contribution in [0, 0.1) is 0 Å². The molecule has 0 unspecified atom stereocenters. The summed E-state index contributed by atoms with van der Waals surface area (Å²) in [6.45, 7) is 0.728. The molecule has 3 rings (SSSR count). The van der Waals surface area contributed by atoms with Gasteiger partial charge in [0.1, 0.15) is 0 Å². The lowest BCUT2D eigenvalue weighted by atomic mass is 10.1. The monoisotopic (exact) mass is 284 g/mol. The molecule has 2 aromatic heterocycles. The Balaban J connectivity index is 1.82. The van der Waals surface area contributed by atoms with Crippen LogP contribution in [0.15, 0.2) is 36.9 Å². The minimum Gasteiger partial charge on any atom is -0.481 e. The standard InChI is InChI=1S/C15H16N4O2/c1-21-14-5-4-11(9-18-14)15(20)19-8-2-3-13(19)12-10-16-6-7-17-12/h4-7,9-10,13H,2-3,8H2,1H3/t13-/m1/s1. The van der Waals surface area contributed by atoms with Gasteiger partial charge in [0.15, 0.2) is 0 Å². The molecule has 108 valence electrons. The first-order valence-corrected chi connectivity index (χ1v) is 6.86. The fraction of sp³-hybridized carbons (Fsp3) is 0.333. The van der Waals surface area contributed by atoms with Gasteiger partial charge in [0.05, 0.1) is 30.6 Å².